The SMILES string of the molecule is CCc1ccc(C(=O)N[C@H](Cc2ccccc2)C(=O)N2CCN(c3ccccn3)CC2)cc1. The van der Waals surface area contributed by atoms with Crippen molar-refractivity contribution in [3.63, 3.8) is 0 Å². The molecule has 0 spiro atoms. The molecule has 0 aliphatic carbocycles. The minimum absolute atomic E-state index is 0.0435. The average Bonchev–Trinajstić information content (AvgIpc) is 2.89. The quantitative estimate of drug-likeness (QED) is 0.610. The summed E-state index contributed by atoms with van der Waals surface area (Å²) in [5, 5.41) is 3.00. The van der Waals surface area contributed by atoms with Gasteiger partial charge in [0, 0.05) is 44.4 Å². The molecule has 0 saturated carbocycles. The second kappa shape index (κ2) is 10.8. The molecule has 3 aromatic rings. The van der Waals surface area contributed by atoms with Crippen molar-refractivity contribution in [2.45, 2.75) is 25.8 Å². The summed E-state index contributed by atoms with van der Waals surface area (Å²) < 4.78 is 0. The zero-order valence-electron chi connectivity index (χ0n) is 19.0. The van der Waals surface area contributed by atoms with E-state index in [9.17, 15) is 9.59 Å². The van der Waals surface area contributed by atoms with Gasteiger partial charge in [-0.25, -0.2) is 4.98 Å². The van der Waals surface area contributed by atoms with Crippen LogP contribution in [-0.4, -0.2) is 53.9 Å². The molecule has 1 atom stereocenters. The van der Waals surface area contributed by atoms with E-state index in [0.29, 0.717) is 38.2 Å². The predicted octanol–water partition coefficient (Wildman–Crippen LogP) is 3.33. The highest BCUT2D eigenvalue weighted by Gasteiger charge is 2.29. The molecular weight excluding hydrogens is 412 g/mol. The van der Waals surface area contributed by atoms with Crippen LogP contribution >= 0.6 is 0 Å². The maximum Gasteiger partial charge on any atom is 0.251 e. The number of pyridine rings is 1. The minimum atomic E-state index is -0.618. The van der Waals surface area contributed by atoms with Crippen molar-refractivity contribution in [1.29, 1.82) is 0 Å². The Morgan fingerprint density at radius 2 is 1.58 bits per heavy atom. The Morgan fingerprint density at radius 1 is 0.879 bits per heavy atom. The number of rotatable bonds is 7. The predicted molar refractivity (Wildman–Crippen MR) is 130 cm³/mol. The highest BCUT2D eigenvalue weighted by Crippen LogP contribution is 2.15. The smallest absolute Gasteiger partial charge is 0.251 e. The van der Waals surface area contributed by atoms with E-state index in [0.717, 1.165) is 17.8 Å². The number of hydrogen-bond acceptors (Lipinski definition) is 4. The van der Waals surface area contributed by atoms with Crippen molar-refractivity contribution in [3.05, 3.63) is 95.7 Å². The number of benzene rings is 2. The first-order valence-corrected chi connectivity index (χ1v) is 11.5. The first kappa shape index (κ1) is 22.5. The second-order valence-electron chi connectivity index (χ2n) is 8.27. The van der Waals surface area contributed by atoms with Gasteiger partial charge < -0.3 is 15.1 Å². The van der Waals surface area contributed by atoms with Crippen LogP contribution in [0.3, 0.4) is 0 Å². The summed E-state index contributed by atoms with van der Waals surface area (Å²) in [6.45, 7) is 4.71. The van der Waals surface area contributed by atoms with Crippen LogP contribution < -0.4 is 10.2 Å². The molecule has 1 aliphatic heterocycles. The van der Waals surface area contributed by atoms with Gasteiger partial charge in [-0.15, -0.1) is 0 Å². The number of carbonyl (C=O) groups is 2. The van der Waals surface area contributed by atoms with Crippen LogP contribution in [0.25, 0.3) is 0 Å². The number of anilines is 1. The Kier molecular flexibility index (Phi) is 7.35. The van der Waals surface area contributed by atoms with Crippen LogP contribution in [0, 0.1) is 0 Å². The number of aryl methyl sites for hydroxylation is 1. The van der Waals surface area contributed by atoms with E-state index in [-0.39, 0.29) is 11.8 Å². The molecule has 2 heterocycles. The van der Waals surface area contributed by atoms with Crippen LogP contribution in [0.5, 0.6) is 0 Å². The van der Waals surface area contributed by atoms with Crippen LogP contribution in [0.15, 0.2) is 79.0 Å². The Balaban J connectivity index is 1.45. The van der Waals surface area contributed by atoms with Crippen LogP contribution in [0.4, 0.5) is 5.82 Å². The average molecular weight is 443 g/mol. The normalized spacial score (nSPS) is 14.6. The molecule has 2 aromatic carbocycles. The van der Waals surface area contributed by atoms with Gasteiger partial charge in [0.05, 0.1) is 0 Å². The van der Waals surface area contributed by atoms with Gasteiger partial charge in [0.25, 0.3) is 5.91 Å². The standard InChI is InChI=1S/C27H30N4O2/c1-2-21-11-13-23(14-12-21)26(32)29-24(20-22-8-4-3-5-9-22)27(33)31-18-16-30(17-19-31)25-10-6-7-15-28-25/h3-15,24H,2,16-20H2,1H3,(H,29,32)/t24-/m1/s1. The van der Waals surface area contributed by atoms with Crippen LogP contribution in [-0.2, 0) is 17.6 Å². The number of aromatic nitrogens is 1. The van der Waals surface area contributed by atoms with E-state index in [1.807, 2.05) is 77.7 Å². The van der Waals surface area contributed by atoms with Gasteiger partial charge in [-0.3, -0.25) is 9.59 Å². The fraction of sp³-hybridized carbons (Fsp3) is 0.296. The molecule has 0 radical (unpaired) electrons. The molecule has 0 unspecified atom stereocenters. The fourth-order valence-corrected chi connectivity index (χ4v) is 4.10. The van der Waals surface area contributed by atoms with Crippen molar-refractivity contribution in [2.24, 2.45) is 0 Å². The molecule has 1 aliphatic rings. The zero-order valence-corrected chi connectivity index (χ0v) is 19.0. The second-order valence-corrected chi connectivity index (χ2v) is 8.27. The molecule has 4 rings (SSSR count). The monoisotopic (exact) mass is 442 g/mol. The molecule has 2 amide bonds. The Bertz CT molecular complexity index is 1050. The number of hydrogen-bond donors (Lipinski definition) is 1. The topological polar surface area (TPSA) is 65.5 Å². The zero-order chi connectivity index (χ0) is 23.0. The molecule has 0 bridgehead atoms. The third-order valence-electron chi connectivity index (χ3n) is 6.08. The Hall–Kier alpha value is -3.67. The van der Waals surface area contributed by atoms with Crippen LogP contribution in [0.2, 0.25) is 0 Å². The van der Waals surface area contributed by atoms with Crippen molar-refractivity contribution < 1.29 is 9.59 Å². The lowest BCUT2D eigenvalue weighted by Gasteiger charge is -2.37. The Morgan fingerprint density at radius 3 is 2.21 bits per heavy atom. The molecule has 6 nitrogen and oxygen atoms in total. The first-order chi connectivity index (χ1) is 16.1. The van der Waals surface area contributed by atoms with E-state index in [1.54, 1.807) is 6.20 Å². The molecule has 1 fully saturated rings. The van der Waals surface area contributed by atoms with Gasteiger partial charge in [-0.05, 0) is 41.8 Å². The maximum absolute atomic E-state index is 13.5. The van der Waals surface area contributed by atoms with E-state index in [1.165, 1.54) is 5.56 Å². The van der Waals surface area contributed by atoms with Crippen molar-refractivity contribution >= 4 is 17.6 Å². The summed E-state index contributed by atoms with van der Waals surface area (Å²) in [6, 6.07) is 22.6. The molecule has 33 heavy (non-hydrogen) atoms. The lowest BCUT2D eigenvalue weighted by molar-refractivity contribution is -0.133. The largest absolute Gasteiger partial charge is 0.353 e. The molecular formula is C27H30N4O2. The summed E-state index contributed by atoms with van der Waals surface area (Å²) in [4.78, 5) is 34.9. The summed E-state index contributed by atoms with van der Waals surface area (Å²) in [7, 11) is 0. The van der Waals surface area contributed by atoms with Crippen molar-refractivity contribution in [2.75, 3.05) is 31.1 Å². The summed E-state index contributed by atoms with van der Waals surface area (Å²) in [5.41, 5.74) is 2.76. The summed E-state index contributed by atoms with van der Waals surface area (Å²) >= 11 is 0. The van der Waals surface area contributed by atoms with E-state index >= 15 is 0 Å². The van der Waals surface area contributed by atoms with E-state index in [2.05, 4.69) is 22.1 Å². The molecule has 170 valence electrons. The Labute approximate surface area is 195 Å². The van der Waals surface area contributed by atoms with E-state index in [4.69, 9.17) is 0 Å². The first-order valence-electron chi connectivity index (χ1n) is 11.5. The number of nitrogens with one attached hydrogen (secondary N) is 1. The third-order valence-corrected chi connectivity index (χ3v) is 6.08. The molecule has 6 heteroatoms. The van der Waals surface area contributed by atoms with E-state index < -0.39 is 6.04 Å². The van der Waals surface area contributed by atoms with Crippen molar-refractivity contribution in [3.8, 4) is 0 Å². The van der Waals surface area contributed by atoms with Gasteiger partial charge in [0.15, 0.2) is 0 Å². The van der Waals surface area contributed by atoms with Gasteiger partial charge in [0.1, 0.15) is 11.9 Å². The summed E-state index contributed by atoms with van der Waals surface area (Å²) in [6.07, 6.45) is 3.16. The highest BCUT2D eigenvalue weighted by atomic mass is 16.2. The van der Waals surface area contributed by atoms with Gasteiger partial charge in [0.2, 0.25) is 5.91 Å². The lowest BCUT2D eigenvalue weighted by Crippen LogP contribution is -2.55. The highest BCUT2D eigenvalue weighted by molar-refractivity contribution is 5.97. The number of carbonyl (C=O) groups excluding carboxylic acids is 2. The fourth-order valence-electron chi connectivity index (χ4n) is 4.10. The van der Waals surface area contributed by atoms with Crippen molar-refractivity contribution in [1.82, 2.24) is 15.2 Å². The molecule has 1 aromatic heterocycles. The van der Waals surface area contributed by atoms with Gasteiger partial charge in [-0.2, -0.15) is 0 Å². The lowest BCUT2D eigenvalue weighted by atomic mass is 10.0. The van der Waals surface area contributed by atoms with Gasteiger partial charge in [-0.1, -0.05) is 55.5 Å². The third kappa shape index (κ3) is 5.77. The minimum Gasteiger partial charge on any atom is -0.353 e. The number of amides is 2. The number of piperazine rings is 1. The van der Waals surface area contributed by atoms with Gasteiger partial charge >= 0.3 is 0 Å². The number of nitrogens with zero attached hydrogens (tertiary/aromatic N) is 3. The molecule has 1 N–H and O–H groups in total. The maximum atomic E-state index is 13.5. The van der Waals surface area contributed by atoms with Crippen LogP contribution in [0.1, 0.15) is 28.4 Å². The summed E-state index contributed by atoms with van der Waals surface area (Å²) in [5.74, 6) is 0.659. The molecule has 1 saturated heterocycles.